The van der Waals surface area contributed by atoms with Gasteiger partial charge in [-0.3, -0.25) is 9.20 Å². The number of nitrogens with zero attached hydrogens (tertiary/aromatic N) is 2. The number of pyridine rings is 1. The molecular weight excluding hydrogens is 438 g/mol. The van der Waals surface area contributed by atoms with Gasteiger partial charge in [0.15, 0.2) is 0 Å². The van der Waals surface area contributed by atoms with Crippen LogP contribution in [0.25, 0.3) is 5.52 Å². The SMILES string of the molecule is CC(N)C(=O)NC(COCc1ccccc1)c1ncc2cccc(COC(=O)NCCCO)n12. The van der Waals surface area contributed by atoms with Crippen molar-refractivity contribution in [3.8, 4) is 0 Å². The van der Waals surface area contributed by atoms with Crippen LogP contribution in [0.2, 0.25) is 0 Å². The fourth-order valence-electron chi connectivity index (χ4n) is 3.31. The number of hydrogen-bond acceptors (Lipinski definition) is 7. The molecule has 10 nitrogen and oxygen atoms in total. The van der Waals surface area contributed by atoms with Gasteiger partial charge in [0.2, 0.25) is 5.91 Å². The molecule has 0 spiro atoms. The zero-order valence-electron chi connectivity index (χ0n) is 19.1. The molecule has 5 N–H and O–H groups in total. The van der Waals surface area contributed by atoms with E-state index in [0.29, 0.717) is 31.1 Å². The van der Waals surface area contributed by atoms with Crippen LogP contribution in [0.4, 0.5) is 4.79 Å². The van der Waals surface area contributed by atoms with Gasteiger partial charge in [0.05, 0.1) is 36.7 Å². The lowest BCUT2D eigenvalue weighted by Gasteiger charge is -2.20. The molecule has 3 aromatic rings. The Kier molecular flexibility index (Phi) is 9.39. The van der Waals surface area contributed by atoms with Crippen molar-refractivity contribution in [2.45, 2.75) is 38.6 Å². The number of carbonyl (C=O) groups excluding carboxylic acids is 2. The first kappa shape index (κ1) is 25.2. The number of fused-ring (bicyclic) bond motifs is 1. The smallest absolute Gasteiger partial charge is 0.407 e. The quantitative estimate of drug-likeness (QED) is 0.296. The number of aliphatic hydroxyl groups excluding tert-OH is 1. The summed E-state index contributed by atoms with van der Waals surface area (Å²) < 4.78 is 13.1. The highest BCUT2D eigenvalue weighted by Gasteiger charge is 2.23. The van der Waals surface area contributed by atoms with Crippen molar-refractivity contribution in [3.63, 3.8) is 0 Å². The molecule has 0 saturated carbocycles. The number of carbonyl (C=O) groups is 2. The minimum atomic E-state index is -0.701. The average molecular weight is 470 g/mol. The molecule has 2 atom stereocenters. The number of imidazole rings is 1. The summed E-state index contributed by atoms with van der Waals surface area (Å²) in [6.07, 6.45) is 1.54. The zero-order chi connectivity index (χ0) is 24.3. The van der Waals surface area contributed by atoms with Crippen LogP contribution in [0.1, 0.15) is 36.5 Å². The molecule has 34 heavy (non-hydrogen) atoms. The first-order valence-corrected chi connectivity index (χ1v) is 11.1. The number of ether oxygens (including phenoxy) is 2. The predicted octanol–water partition coefficient (Wildman–Crippen LogP) is 1.66. The molecule has 2 aromatic heterocycles. The van der Waals surface area contributed by atoms with Gasteiger partial charge in [-0.1, -0.05) is 36.4 Å². The molecule has 0 radical (unpaired) electrons. The second kappa shape index (κ2) is 12.7. The fraction of sp³-hybridized carbons (Fsp3) is 0.375. The number of aliphatic hydroxyl groups is 1. The van der Waals surface area contributed by atoms with Crippen LogP contribution in [-0.2, 0) is 27.5 Å². The first-order valence-electron chi connectivity index (χ1n) is 11.1. The Morgan fingerprint density at radius 1 is 1.15 bits per heavy atom. The van der Waals surface area contributed by atoms with Crippen molar-refractivity contribution < 1.29 is 24.2 Å². The van der Waals surface area contributed by atoms with Gasteiger partial charge < -0.3 is 30.9 Å². The lowest BCUT2D eigenvalue weighted by Crippen LogP contribution is -2.42. The monoisotopic (exact) mass is 469 g/mol. The number of rotatable bonds is 12. The molecule has 182 valence electrons. The Bertz CT molecular complexity index is 1070. The molecule has 0 aliphatic carbocycles. The molecule has 2 amide bonds. The van der Waals surface area contributed by atoms with E-state index in [0.717, 1.165) is 11.1 Å². The maximum atomic E-state index is 12.4. The molecule has 1 aromatic carbocycles. The van der Waals surface area contributed by atoms with E-state index < -0.39 is 18.2 Å². The van der Waals surface area contributed by atoms with E-state index in [1.807, 2.05) is 52.9 Å². The van der Waals surface area contributed by atoms with Crippen molar-refractivity contribution >= 4 is 17.5 Å². The summed E-state index contributed by atoms with van der Waals surface area (Å²) in [7, 11) is 0. The third-order valence-corrected chi connectivity index (χ3v) is 5.05. The topological polar surface area (TPSA) is 140 Å². The lowest BCUT2D eigenvalue weighted by molar-refractivity contribution is -0.123. The van der Waals surface area contributed by atoms with Crippen molar-refractivity contribution in [2.75, 3.05) is 19.8 Å². The van der Waals surface area contributed by atoms with Crippen LogP contribution in [-0.4, -0.2) is 52.3 Å². The maximum absolute atomic E-state index is 12.4. The molecular formula is C24H31N5O5. The lowest BCUT2D eigenvalue weighted by atomic mass is 10.2. The second-order valence-electron chi connectivity index (χ2n) is 7.82. The molecule has 0 bridgehead atoms. The first-order chi connectivity index (χ1) is 16.5. The zero-order valence-corrected chi connectivity index (χ0v) is 19.1. The Balaban J connectivity index is 1.79. The summed E-state index contributed by atoms with van der Waals surface area (Å²) in [5.74, 6) is 0.207. The van der Waals surface area contributed by atoms with Crippen molar-refractivity contribution in [1.29, 1.82) is 0 Å². The standard InChI is InChI=1S/C24H31N5O5/c1-17(25)23(31)28-21(16-33-14-18-7-3-2-4-8-18)22-27-13-19-9-5-10-20(29(19)22)15-34-24(32)26-11-6-12-30/h2-5,7-10,13,17,21,30H,6,11-12,14-16,25H2,1H3,(H,26,32)(H,28,31). The normalized spacial score (nSPS) is 12.8. The van der Waals surface area contributed by atoms with Gasteiger partial charge >= 0.3 is 6.09 Å². The maximum Gasteiger partial charge on any atom is 0.407 e. The van der Waals surface area contributed by atoms with E-state index in [9.17, 15) is 9.59 Å². The summed E-state index contributed by atoms with van der Waals surface area (Å²) in [5.41, 5.74) is 8.23. The number of nitrogens with one attached hydrogen (secondary N) is 2. The highest BCUT2D eigenvalue weighted by molar-refractivity contribution is 5.81. The third kappa shape index (κ3) is 7.01. The average Bonchev–Trinajstić information content (AvgIpc) is 3.27. The van der Waals surface area contributed by atoms with Gasteiger partial charge in [-0.15, -0.1) is 0 Å². The number of alkyl carbamates (subject to hydrolysis) is 1. The number of hydrogen-bond donors (Lipinski definition) is 4. The predicted molar refractivity (Wildman–Crippen MR) is 126 cm³/mol. The fourth-order valence-corrected chi connectivity index (χ4v) is 3.31. The summed E-state index contributed by atoms with van der Waals surface area (Å²) >= 11 is 0. The van der Waals surface area contributed by atoms with Gasteiger partial charge in [0, 0.05) is 13.2 Å². The van der Waals surface area contributed by atoms with Gasteiger partial charge in [0.25, 0.3) is 0 Å². The largest absolute Gasteiger partial charge is 0.443 e. The van der Waals surface area contributed by atoms with Crippen LogP contribution in [0.3, 0.4) is 0 Å². The van der Waals surface area contributed by atoms with Crippen LogP contribution in [0, 0.1) is 0 Å². The number of aromatic nitrogens is 2. The van der Waals surface area contributed by atoms with E-state index >= 15 is 0 Å². The van der Waals surface area contributed by atoms with Crippen LogP contribution >= 0.6 is 0 Å². The summed E-state index contributed by atoms with van der Waals surface area (Å²) in [4.78, 5) is 28.9. The van der Waals surface area contributed by atoms with Gasteiger partial charge in [0.1, 0.15) is 18.5 Å². The van der Waals surface area contributed by atoms with Crippen LogP contribution < -0.4 is 16.4 Å². The van der Waals surface area contributed by atoms with E-state index in [1.165, 1.54) is 0 Å². The van der Waals surface area contributed by atoms with Crippen LogP contribution in [0.5, 0.6) is 0 Å². The van der Waals surface area contributed by atoms with Gasteiger partial charge in [-0.2, -0.15) is 0 Å². The number of nitrogens with two attached hydrogens (primary N) is 1. The Labute approximate surface area is 198 Å². The second-order valence-corrected chi connectivity index (χ2v) is 7.82. The molecule has 0 saturated heterocycles. The number of amides is 2. The molecule has 0 fully saturated rings. The van der Waals surface area contributed by atoms with Gasteiger partial charge in [-0.05, 0) is 31.0 Å². The van der Waals surface area contributed by atoms with E-state index in [4.69, 9.17) is 20.3 Å². The number of benzene rings is 1. The molecule has 0 aliphatic heterocycles. The highest BCUT2D eigenvalue weighted by atomic mass is 16.5. The van der Waals surface area contributed by atoms with Crippen molar-refractivity contribution in [2.24, 2.45) is 5.73 Å². The molecule has 2 heterocycles. The highest BCUT2D eigenvalue weighted by Crippen LogP contribution is 2.19. The Hall–Kier alpha value is -3.47. The summed E-state index contributed by atoms with van der Waals surface area (Å²) in [6, 6.07) is 14.0. The molecule has 10 heteroatoms. The van der Waals surface area contributed by atoms with Crippen molar-refractivity contribution in [3.05, 3.63) is 71.8 Å². The molecule has 3 rings (SSSR count). The Morgan fingerprint density at radius 3 is 2.68 bits per heavy atom. The summed E-state index contributed by atoms with van der Waals surface area (Å²) in [6.45, 7) is 2.45. The van der Waals surface area contributed by atoms with E-state index in [-0.39, 0.29) is 25.7 Å². The Morgan fingerprint density at radius 2 is 1.94 bits per heavy atom. The van der Waals surface area contributed by atoms with E-state index in [1.54, 1.807) is 13.1 Å². The van der Waals surface area contributed by atoms with Crippen LogP contribution in [0.15, 0.2) is 54.7 Å². The third-order valence-electron chi connectivity index (χ3n) is 5.05. The van der Waals surface area contributed by atoms with Crippen molar-refractivity contribution in [1.82, 2.24) is 20.0 Å². The summed E-state index contributed by atoms with van der Waals surface area (Å²) in [5, 5.41) is 14.3. The minimum Gasteiger partial charge on any atom is -0.443 e. The van der Waals surface area contributed by atoms with Gasteiger partial charge in [-0.25, -0.2) is 9.78 Å². The molecule has 2 unspecified atom stereocenters. The van der Waals surface area contributed by atoms with E-state index in [2.05, 4.69) is 15.6 Å². The molecule has 0 aliphatic rings. The minimum absolute atomic E-state index is 0.00944.